The quantitative estimate of drug-likeness (QED) is 0.639. The van der Waals surface area contributed by atoms with Crippen molar-refractivity contribution >= 4 is 45.0 Å². The molecule has 0 spiro atoms. The molecule has 5 nitrogen and oxygen atoms in total. The van der Waals surface area contributed by atoms with E-state index in [4.69, 9.17) is 16.3 Å². The molecule has 3 aromatic rings. The van der Waals surface area contributed by atoms with Gasteiger partial charge < -0.3 is 9.30 Å². The molecule has 1 heterocycles. The lowest BCUT2D eigenvalue weighted by molar-refractivity contribution is -0.141. The fourth-order valence-electron chi connectivity index (χ4n) is 2.50. The molecule has 0 fully saturated rings. The third kappa shape index (κ3) is 3.71. The molecule has 0 aliphatic heterocycles. The maximum atomic E-state index is 12.6. The molecule has 134 valence electrons. The number of carbonyl (C=O) groups is 2. The second-order valence-corrected chi connectivity index (χ2v) is 7.32. The van der Waals surface area contributed by atoms with Crippen LogP contribution in [-0.2, 0) is 16.1 Å². The van der Waals surface area contributed by atoms with Gasteiger partial charge in [0.2, 0.25) is 0 Å². The predicted molar refractivity (Wildman–Crippen MR) is 103 cm³/mol. The Morgan fingerprint density at radius 1 is 1.15 bits per heavy atom. The van der Waals surface area contributed by atoms with Crippen LogP contribution in [0.3, 0.4) is 0 Å². The minimum Gasteiger partial charge on any atom is -0.468 e. The molecule has 7 heteroatoms. The van der Waals surface area contributed by atoms with Crippen LogP contribution in [0.2, 0.25) is 5.02 Å². The molecule has 1 aromatic heterocycles. The van der Waals surface area contributed by atoms with E-state index < -0.39 is 5.97 Å². The minimum atomic E-state index is -0.417. The first-order valence-electron chi connectivity index (χ1n) is 7.91. The first kappa shape index (κ1) is 18.4. The summed E-state index contributed by atoms with van der Waals surface area (Å²) < 4.78 is 7.27. The van der Waals surface area contributed by atoms with Crippen molar-refractivity contribution in [2.24, 2.45) is 4.99 Å². The fraction of sp³-hybridized carbons (Fsp3) is 0.211. The van der Waals surface area contributed by atoms with Crippen LogP contribution < -0.4 is 4.80 Å². The van der Waals surface area contributed by atoms with Gasteiger partial charge in [0.15, 0.2) is 4.80 Å². The van der Waals surface area contributed by atoms with Gasteiger partial charge in [-0.1, -0.05) is 29.0 Å². The molecule has 2 aromatic carbocycles. The molecule has 0 bridgehead atoms. The second-order valence-electron chi connectivity index (χ2n) is 5.87. The lowest BCUT2D eigenvalue weighted by Gasteiger charge is -2.04. The van der Waals surface area contributed by atoms with Gasteiger partial charge in [0.05, 0.1) is 17.3 Å². The van der Waals surface area contributed by atoms with Crippen molar-refractivity contribution in [2.45, 2.75) is 20.4 Å². The summed E-state index contributed by atoms with van der Waals surface area (Å²) in [5.41, 5.74) is 3.42. The highest BCUT2D eigenvalue weighted by Crippen LogP contribution is 2.22. The van der Waals surface area contributed by atoms with Crippen molar-refractivity contribution in [3.8, 4) is 0 Å². The van der Waals surface area contributed by atoms with Crippen LogP contribution in [0.15, 0.2) is 41.4 Å². The Kier molecular flexibility index (Phi) is 5.25. The van der Waals surface area contributed by atoms with Crippen molar-refractivity contribution in [1.82, 2.24) is 4.57 Å². The van der Waals surface area contributed by atoms with Crippen molar-refractivity contribution in [3.63, 3.8) is 0 Å². The van der Waals surface area contributed by atoms with E-state index >= 15 is 0 Å². The van der Waals surface area contributed by atoms with Gasteiger partial charge in [-0.2, -0.15) is 4.99 Å². The highest BCUT2D eigenvalue weighted by atomic mass is 35.5. The van der Waals surface area contributed by atoms with E-state index in [1.165, 1.54) is 18.4 Å². The Hall–Kier alpha value is -2.44. The number of methoxy groups -OCH3 is 1. The summed E-state index contributed by atoms with van der Waals surface area (Å²) in [4.78, 5) is 29.1. The summed E-state index contributed by atoms with van der Waals surface area (Å²) in [7, 11) is 1.32. The lowest BCUT2D eigenvalue weighted by Crippen LogP contribution is -2.22. The first-order valence-corrected chi connectivity index (χ1v) is 9.10. The summed E-state index contributed by atoms with van der Waals surface area (Å²) in [6.45, 7) is 3.91. The van der Waals surface area contributed by atoms with Gasteiger partial charge in [0, 0.05) is 10.6 Å². The van der Waals surface area contributed by atoms with Crippen molar-refractivity contribution < 1.29 is 14.3 Å². The minimum absolute atomic E-state index is 0.0306. The van der Waals surface area contributed by atoms with Gasteiger partial charge in [-0.05, 0) is 55.3 Å². The number of aromatic nitrogens is 1. The highest BCUT2D eigenvalue weighted by Gasteiger charge is 2.13. The zero-order valence-corrected chi connectivity index (χ0v) is 16.1. The summed E-state index contributed by atoms with van der Waals surface area (Å²) in [5, 5.41) is 0.580. The SMILES string of the molecule is COC(=O)Cn1c(=NC(=O)c2ccc(C)c(C)c2)sc2cc(Cl)ccc21. The molecule has 0 saturated heterocycles. The van der Waals surface area contributed by atoms with Crippen molar-refractivity contribution in [3.05, 3.63) is 62.9 Å². The molecule has 0 atom stereocenters. The Bertz CT molecular complexity index is 1080. The van der Waals surface area contributed by atoms with E-state index in [1.807, 2.05) is 26.0 Å². The molecule has 0 radical (unpaired) electrons. The number of hydrogen-bond donors (Lipinski definition) is 0. The number of hydrogen-bond acceptors (Lipinski definition) is 4. The highest BCUT2D eigenvalue weighted by molar-refractivity contribution is 7.16. The van der Waals surface area contributed by atoms with Gasteiger partial charge in [0.25, 0.3) is 5.91 Å². The number of nitrogens with zero attached hydrogens (tertiary/aromatic N) is 2. The molecular weight excluding hydrogens is 372 g/mol. The van der Waals surface area contributed by atoms with E-state index in [0.29, 0.717) is 15.4 Å². The van der Waals surface area contributed by atoms with E-state index in [9.17, 15) is 9.59 Å². The number of rotatable bonds is 3. The molecule has 0 unspecified atom stereocenters. The smallest absolute Gasteiger partial charge is 0.325 e. The van der Waals surface area contributed by atoms with E-state index in [1.54, 1.807) is 28.8 Å². The Morgan fingerprint density at radius 3 is 2.62 bits per heavy atom. The van der Waals surface area contributed by atoms with Crippen molar-refractivity contribution in [2.75, 3.05) is 7.11 Å². The molecule has 0 N–H and O–H groups in total. The molecule has 1 amide bonds. The van der Waals surface area contributed by atoms with Crippen LogP contribution >= 0.6 is 22.9 Å². The van der Waals surface area contributed by atoms with E-state index in [0.717, 1.165) is 21.3 Å². The van der Waals surface area contributed by atoms with Gasteiger partial charge in [-0.15, -0.1) is 0 Å². The average molecular weight is 389 g/mol. The van der Waals surface area contributed by atoms with Crippen LogP contribution in [0.5, 0.6) is 0 Å². The lowest BCUT2D eigenvalue weighted by atomic mass is 10.1. The van der Waals surface area contributed by atoms with Gasteiger partial charge >= 0.3 is 5.97 Å². The van der Waals surface area contributed by atoms with Gasteiger partial charge in [-0.25, -0.2) is 0 Å². The Morgan fingerprint density at radius 2 is 1.92 bits per heavy atom. The number of ether oxygens (including phenoxy) is 1. The standard InChI is InChI=1S/C19H17ClN2O3S/c1-11-4-5-13(8-12(11)2)18(24)21-19-22(10-17(23)25-3)15-7-6-14(20)9-16(15)26-19/h4-9H,10H2,1-3H3. The zero-order valence-electron chi connectivity index (χ0n) is 14.6. The maximum Gasteiger partial charge on any atom is 0.325 e. The molecule has 3 rings (SSSR count). The molecule has 0 aliphatic rings. The molecular formula is C19H17ClN2O3S. The first-order chi connectivity index (χ1) is 12.4. The predicted octanol–water partition coefficient (Wildman–Crippen LogP) is 3.89. The number of fused-ring (bicyclic) bond motifs is 1. The number of aryl methyl sites for hydroxylation is 2. The van der Waals surface area contributed by atoms with Crippen LogP contribution in [0.25, 0.3) is 10.2 Å². The molecule has 0 aliphatic carbocycles. The van der Waals surface area contributed by atoms with E-state index in [-0.39, 0.29) is 12.5 Å². The monoisotopic (exact) mass is 388 g/mol. The Labute approximate surface area is 159 Å². The summed E-state index contributed by atoms with van der Waals surface area (Å²) in [5.74, 6) is -0.774. The topological polar surface area (TPSA) is 60.7 Å². The molecule has 0 saturated carbocycles. The molecule has 26 heavy (non-hydrogen) atoms. The van der Waals surface area contributed by atoms with Gasteiger partial charge in [-0.3, -0.25) is 9.59 Å². The van der Waals surface area contributed by atoms with Crippen molar-refractivity contribution in [1.29, 1.82) is 0 Å². The number of thiazole rings is 1. The average Bonchev–Trinajstić information content (AvgIpc) is 2.93. The summed E-state index contributed by atoms with van der Waals surface area (Å²) in [6.07, 6.45) is 0. The van der Waals surface area contributed by atoms with E-state index in [2.05, 4.69) is 4.99 Å². The largest absolute Gasteiger partial charge is 0.468 e. The summed E-state index contributed by atoms with van der Waals surface area (Å²) >= 11 is 7.36. The fourth-order valence-corrected chi connectivity index (χ4v) is 3.81. The normalized spacial score (nSPS) is 11.8. The zero-order chi connectivity index (χ0) is 18.8. The van der Waals surface area contributed by atoms with Crippen LogP contribution in [0.1, 0.15) is 21.5 Å². The number of amides is 1. The second kappa shape index (κ2) is 7.43. The number of benzene rings is 2. The third-order valence-electron chi connectivity index (χ3n) is 4.11. The van der Waals surface area contributed by atoms with Crippen LogP contribution in [-0.4, -0.2) is 23.6 Å². The van der Waals surface area contributed by atoms with Crippen LogP contribution in [0.4, 0.5) is 0 Å². The third-order valence-corrected chi connectivity index (χ3v) is 5.39. The van der Waals surface area contributed by atoms with Gasteiger partial charge in [0.1, 0.15) is 6.54 Å². The number of esters is 1. The number of carbonyl (C=O) groups excluding carboxylic acids is 2. The van der Waals surface area contributed by atoms with Crippen LogP contribution in [0, 0.1) is 13.8 Å². The maximum absolute atomic E-state index is 12.6. The number of halogens is 1. The summed E-state index contributed by atoms with van der Waals surface area (Å²) in [6, 6.07) is 10.8. The Balaban J connectivity index is 2.13.